The molecular formula is C12H24NO. The first-order chi connectivity index (χ1) is 6.76. The standard InChI is InChI=1S/C12H24NO/c1-4-7-9-10-12(14)13(6-3)11-8-5-2/h2,4-11H2,1,3H3. The molecule has 0 bridgehead atoms. The predicted molar refractivity (Wildman–Crippen MR) is 61.0 cm³/mol. The van der Waals surface area contributed by atoms with Gasteiger partial charge in [-0.2, -0.15) is 0 Å². The van der Waals surface area contributed by atoms with E-state index < -0.39 is 0 Å². The van der Waals surface area contributed by atoms with Gasteiger partial charge in [0.2, 0.25) is 5.91 Å². The molecule has 0 heterocycles. The molecule has 83 valence electrons. The number of hydrogen-bond acceptors (Lipinski definition) is 1. The van der Waals surface area contributed by atoms with Gasteiger partial charge in [-0.1, -0.05) is 33.1 Å². The minimum Gasteiger partial charge on any atom is -0.343 e. The van der Waals surface area contributed by atoms with Crippen molar-refractivity contribution in [2.24, 2.45) is 0 Å². The van der Waals surface area contributed by atoms with Crippen LogP contribution in [0, 0.1) is 6.92 Å². The lowest BCUT2D eigenvalue weighted by Crippen LogP contribution is -2.31. The summed E-state index contributed by atoms with van der Waals surface area (Å²) in [6.07, 6.45) is 6.04. The molecule has 0 aliphatic heterocycles. The highest BCUT2D eigenvalue weighted by Gasteiger charge is 2.09. The monoisotopic (exact) mass is 198 g/mol. The quantitative estimate of drug-likeness (QED) is 0.549. The number of unbranched alkanes of at least 4 members (excludes halogenated alkanes) is 3. The number of carbonyl (C=O) groups excluding carboxylic acids is 1. The Morgan fingerprint density at radius 3 is 2.43 bits per heavy atom. The van der Waals surface area contributed by atoms with Gasteiger partial charge < -0.3 is 4.90 Å². The Kier molecular flexibility index (Phi) is 8.70. The zero-order chi connectivity index (χ0) is 10.8. The first-order valence-electron chi connectivity index (χ1n) is 5.83. The van der Waals surface area contributed by atoms with Crippen molar-refractivity contribution in [3.8, 4) is 0 Å². The van der Waals surface area contributed by atoms with Gasteiger partial charge in [-0.05, 0) is 19.8 Å². The van der Waals surface area contributed by atoms with Gasteiger partial charge in [0.25, 0.3) is 0 Å². The fourth-order valence-electron chi connectivity index (χ4n) is 1.45. The lowest BCUT2D eigenvalue weighted by Gasteiger charge is -2.20. The summed E-state index contributed by atoms with van der Waals surface area (Å²) in [7, 11) is 0. The molecule has 0 aromatic heterocycles. The second kappa shape index (κ2) is 9.04. The van der Waals surface area contributed by atoms with Crippen LogP contribution in [0.4, 0.5) is 0 Å². The summed E-state index contributed by atoms with van der Waals surface area (Å²) >= 11 is 0. The molecule has 0 unspecified atom stereocenters. The van der Waals surface area contributed by atoms with Crippen molar-refractivity contribution in [2.75, 3.05) is 13.1 Å². The topological polar surface area (TPSA) is 20.3 Å². The fraction of sp³-hybridized carbons (Fsp3) is 0.833. The minimum absolute atomic E-state index is 0.314. The Morgan fingerprint density at radius 1 is 1.21 bits per heavy atom. The maximum atomic E-state index is 11.7. The number of hydrogen-bond donors (Lipinski definition) is 0. The lowest BCUT2D eigenvalue weighted by atomic mass is 10.2. The smallest absolute Gasteiger partial charge is 0.222 e. The van der Waals surface area contributed by atoms with E-state index in [4.69, 9.17) is 0 Å². The predicted octanol–water partition coefficient (Wildman–Crippen LogP) is 3.03. The third-order valence-corrected chi connectivity index (χ3v) is 2.41. The molecule has 0 saturated carbocycles. The second-order valence-corrected chi connectivity index (χ2v) is 3.64. The summed E-state index contributed by atoms with van der Waals surface area (Å²) < 4.78 is 0. The van der Waals surface area contributed by atoms with Gasteiger partial charge in [-0.15, -0.1) is 0 Å². The van der Waals surface area contributed by atoms with E-state index in [1.165, 1.54) is 12.8 Å². The van der Waals surface area contributed by atoms with Crippen molar-refractivity contribution >= 4 is 5.91 Å². The molecule has 0 aromatic rings. The maximum Gasteiger partial charge on any atom is 0.222 e. The highest BCUT2D eigenvalue weighted by Crippen LogP contribution is 2.04. The summed E-state index contributed by atoms with van der Waals surface area (Å²) in [5, 5.41) is 0. The molecule has 0 N–H and O–H groups in total. The third-order valence-electron chi connectivity index (χ3n) is 2.41. The number of amides is 1. The molecule has 0 fully saturated rings. The normalized spacial score (nSPS) is 10.2. The Labute approximate surface area is 88.7 Å². The average Bonchev–Trinajstić information content (AvgIpc) is 2.19. The van der Waals surface area contributed by atoms with Crippen LogP contribution in [0.2, 0.25) is 0 Å². The summed E-state index contributed by atoms with van der Waals surface area (Å²) in [4.78, 5) is 13.6. The third kappa shape index (κ3) is 6.01. The summed E-state index contributed by atoms with van der Waals surface area (Å²) in [5.74, 6) is 0.314. The van der Waals surface area contributed by atoms with Crippen LogP contribution in [0.25, 0.3) is 0 Å². The zero-order valence-electron chi connectivity index (χ0n) is 9.72. The largest absolute Gasteiger partial charge is 0.343 e. The summed E-state index contributed by atoms with van der Waals surface area (Å²) in [5.41, 5.74) is 0. The highest BCUT2D eigenvalue weighted by atomic mass is 16.2. The van der Waals surface area contributed by atoms with E-state index in [-0.39, 0.29) is 0 Å². The van der Waals surface area contributed by atoms with Crippen LogP contribution < -0.4 is 0 Å². The van der Waals surface area contributed by atoms with Gasteiger partial charge in [0.15, 0.2) is 0 Å². The molecule has 0 atom stereocenters. The first kappa shape index (κ1) is 13.5. The van der Waals surface area contributed by atoms with E-state index in [0.29, 0.717) is 5.91 Å². The molecule has 0 saturated heterocycles. The van der Waals surface area contributed by atoms with E-state index in [9.17, 15) is 4.79 Å². The van der Waals surface area contributed by atoms with Crippen LogP contribution in [0.5, 0.6) is 0 Å². The van der Waals surface area contributed by atoms with Crippen molar-refractivity contribution in [2.45, 2.75) is 52.4 Å². The molecule has 0 aromatic carbocycles. The molecule has 2 heteroatoms. The van der Waals surface area contributed by atoms with E-state index in [0.717, 1.165) is 38.8 Å². The van der Waals surface area contributed by atoms with Crippen LogP contribution in [0.3, 0.4) is 0 Å². The highest BCUT2D eigenvalue weighted by molar-refractivity contribution is 5.76. The molecular weight excluding hydrogens is 174 g/mol. The van der Waals surface area contributed by atoms with Crippen LogP contribution in [-0.4, -0.2) is 23.9 Å². The van der Waals surface area contributed by atoms with Crippen LogP contribution in [-0.2, 0) is 4.79 Å². The van der Waals surface area contributed by atoms with E-state index >= 15 is 0 Å². The number of rotatable bonds is 8. The molecule has 14 heavy (non-hydrogen) atoms. The van der Waals surface area contributed by atoms with E-state index in [2.05, 4.69) is 13.8 Å². The van der Waals surface area contributed by atoms with Crippen molar-refractivity contribution in [1.82, 2.24) is 4.90 Å². The Balaban J connectivity index is 3.67. The minimum atomic E-state index is 0.314. The van der Waals surface area contributed by atoms with Gasteiger partial charge in [-0.3, -0.25) is 4.79 Å². The zero-order valence-corrected chi connectivity index (χ0v) is 9.72. The summed E-state index contributed by atoms with van der Waals surface area (Å²) in [6, 6.07) is 0. The fourth-order valence-corrected chi connectivity index (χ4v) is 1.45. The second-order valence-electron chi connectivity index (χ2n) is 3.64. The maximum absolute atomic E-state index is 11.7. The lowest BCUT2D eigenvalue weighted by molar-refractivity contribution is -0.131. The molecule has 0 aliphatic carbocycles. The first-order valence-corrected chi connectivity index (χ1v) is 5.83. The molecule has 1 radical (unpaired) electrons. The average molecular weight is 198 g/mol. The van der Waals surface area contributed by atoms with Gasteiger partial charge in [0.05, 0.1) is 0 Å². The van der Waals surface area contributed by atoms with Gasteiger partial charge in [0.1, 0.15) is 0 Å². The van der Waals surface area contributed by atoms with E-state index in [1.807, 2.05) is 11.8 Å². The Morgan fingerprint density at radius 2 is 1.93 bits per heavy atom. The van der Waals surface area contributed by atoms with Crippen molar-refractivity contribution in [1.29, 1.82) is 0 Å². The molecule has 0 rings (SSSR count). The van der Waals surface area contributed by atoms with Gasteiger partial charge in [0, 0.05) is 19.5 Å². The molecule has 0 spiro atoms. The molecule has 2 nitrogen and oxygen atoms in total. The molecule has 1 amide bonds. The van der Waals surface area contributed by atoms with E-state index in [1.54, 1.807) is 0 Å². The van der Waals surface area contributed by atoms with Gasteiger partial charge >= 0.3 is 0 Å². The number of nitrogens with zero attached hydrogens (tertiary/aromatic N) is 1. The molecule has 0 aliphatic rings. The van der Waals surface area contributed by atoms with Crippen LogP contribution in [0.15, 0.2) is 0 Å². The van der Waals surface area contributed by atoms with Crippen molar-refractivity contribution in [3.05, 3.63) is 6.92 Å². The summed E-state index contributed by atoms with van der Waals surface area (Å²) in [6.45, 7) is 9.71. The Bertz CT molecular complexity index is 145. The van der Waals surface area contributed by atoms with Crippen molar-refractivity contribution < 1.29 is 4.79 Å². The number of carbonyl (C=O) groups is 1. The SMILES string of the molecule is [CH2]CCCN(CC)C(=O)CCCCC. The Hall–Kier alpha value is -0.530. The van der Waals surface area contributed by atoms with Crippen LogP contribution in [0.1, 0.15) is 52.4 Å². The van der Waals surface area contributed by atoms with Crippen LogP contribution >= 0.6 is 0 Å². The van der Waals surface area contributed by atoms with Crippen molar-refractivity contribution in [3.63, 3.8) is 0 Å². The van der Waals surface area contributed by atoms with Gasteiger partial charge in [-0.25, -0.2) is 0 Å².